The van der Waals surface area contributed by atoms with E-state index in [9.17, 15) is 57.8 Å². The Morgan fingerprint density at radius 2 is 0.657 bits per heavy atom. The van der Waals surface area contributed by atoms with Gasteiger partial charge in [-0.05, 0) is 106 Å². The zero-order chi connectivity index (χ0) is 53.7. The van der Waals surface area contributed by atoms with Crippen molar-refractivity contribution in [2.45, 2.75) is 101 Å². The third-order valence-corrected chi connectivity index (χ3v) is 14.6. The number of nitrogens with one attached hydrogen (secondary N) is 3. The van der Waals surface area contributed by atoms with Gasteiger partial charge in [-0.25, -0.2) is 0 Å². The van der Waals surface area contributed by atoms with E-state index >= 15 is 0 Å². The Balaban J connectivity index is 0.000000526. The van der Waals surface area contributed by atoms with E-state index in [2.05, 4.69) is 16.0 Å². The van der Waals surface area contributed by atoms with Crippen LogP contribution in [0.25, 0.3) is 0 Å². The Labute approximate surface area is 402 Å². The van der Waals surface area contributed by atoms with Gasteiger partial charge in [-0.1, -0.05) is 42.8 Å². The van der Waals surface area contributed by atoms with Crippen molar-refractivity contribution in [2.24, 2.45) is 0 Å². The van der Waals surface area contributed by atoms with Crippen molar-refractivity contribution in [3.8, 4) is 0 Å². The smallest absolute Gasteiger partial charge is 0.356 e. The summed E-state index contributed by atoms with van der Waals surface area (Å²) in [5.74, 6) is -4.01. The Bertz CT molecular complexity index is 2360. The molecule has 3 amide bonds. The lowest BCUT2D eigenvalue weighted by Crippen LogP contribution is -2.32. The molecule has 3 aromatic rings. The van der Waals surface area contributed by atoms with Gasteiger partial charge >= 0.3 is 40.7 Å². The quantitative estimate of drug-likeness (QED) is 0.0428. The van der Waals surface area contributed by atoms with Crippen LogP contribution in [0.2, 0.25) is 0 Å². The molecule has 0 radical (unpaired) electrons. The maximum Gasteiger partial charge on any atom is 0.356 e. The molecule has 3 atom stereocenters. The molecule has 0 aromatic heterocycles. The van der Waals surface area contributed by atoms with E-state index in [1.165, 1.54) is 36.4 Å². The van der Waals surface area contributed by atoms with E-state index in [1.54, 1.807) is 36.4 Å². The van der Waals surface area contributed by atoms with E-state index in [-0.39, 0.29) is 75.4 Å². The number of carboxylic acid groups (broad SMARTS) is 3. The molecule has 27 heteroatoms. The number of unbranched alkanes of at least 4 members (excludes halogenated alkanes) is 2. The molecule has 0 bridgehead atoms. The second kappa shape index (κ2) is 28.0. The third kappa shape index (κ3) is 23.6. The minimum Gasteiger partial charge on any atom is -0.481 e. The summed E-state index contributed by atoms with van der Waals surface area (Å²) in [7, 11) is -13.8. The van der Waals surface area contributed by atoms with E-state index in [4.69, 9.17) is 44.7 Å². The van der Waals surface area contributed by atoms with Crippen LogP contribution in [0.3, 0.4) is 0 Å². The summed E-state index contributed by atoms with van der Waals surface area (Å²) in [6.07, 6.45) is 0.991. The molecule has 0 fully saturated rings. The molecule has 0 saturated carbocycles. The summed E-state index contributed by atoms with van der Waals surface area (Å²) in [5.41, 5.74) is 2.80. The molecule has 3 aromatic carbocycles. The Morgan fingerprint density at radius 3 is 0.943 bits per heavy atom. The lowest BCUT2D eigenvalue weighted by atomic mass is 10.1. The fraction of sp³-hybridized carbons (Fsp3) is 0.442. The summed E-state index contributed by atoms with van der Waals surface area (Å²) < 4.78 is 33.1. The predicted octanol–water partition coefficient (Wildman–Crippen LogP) is 2.52. The molecule has 390 valence electrons. The highest BCUT2D eigenvalue weighted by Crippen LogP contribution is 2.52. The zero-order valence-electron chi connectivity index (χ0n) is 38.5. The minimum absolute atomic E-state index is 0.0176. The third-order valence-electron chi connectivity index (χ3n) is 10.2. The average Bonchev–Trinajstić information content (AvgIpc) is 3.23. The first kappa shape index (κ1) is 62.8. The second-order valence-corrected chi connectivity index (χ2v) is 22.7. The van der Waals surface area contributed by atoms with Crippen molar-refractivity contribution in [1.82, 2.24) is 16.0 Å². The van der Waals surface area contributed by atoms with Gasteiger partial charge in [0.05, 0.1) is 19.3 Å². The fourth-order valence-corrected chi connectivity index (χ4v) is 6.89. The van der Waals surface area contributed by atoms with Crippen molar-refractivity contribution in [2.75, 3.05) is 19.6 Å². The van der Waals surface area contributed by atoms with Gasteiger partial charge in [0, 0.05) is 42.7 Å². The predicted molar refractivity (Wildman–Crippen MR) is 251 cm³/mol. The summed E-state index contributed by atoms with van der Waals surface area (Å²) in [5, 5.41) is 56.2. The first-order valence-corrected chi connectivity index (χ1v) is 26.0. The van der Waals surface area contributed by atoms with Gasteiger partial charge in [0.1, 0.15) is 0 Å². The Kier molecular flexibility index (Phi) is 25.1. The molecule has 15 N–H and O–H groups in total. The second-order valence-electron chi connectivity index (χ2n) is 16.5. The monoisotopic (exact) mass is 1050 g/mol. The van der Waals surface area contributed by atoms with Crippen LogP contribution in [0.4, 0.5) is 0 Å². The summed E-state index contributed by atoms with van der Waals surface area (Å²) in [6, 6.07) is 18.3. The maximum atomic E-state index is 11.9. The van der Waals surface area contributed by atoms with Crippen LogP contribution >= 0.6 is 22.8 Å². The van der Waals surface area contributed by atoms with Gasteiger partial charge in [-0.15, -0.1) is 0 Å². The minimum atomic E-state index is -4.67. The van der Waals surface area contributed by atoms with Crippen LogP contribution < -0.4 is 16.0 Å². The number of carbonyl (C=O) groups is 6. The number of aliphatic carboxylic acids is 3. The molecule has 3 rings (SSSR count). The van der Waals surface area contributed by atoms with Crippen LogP contribution in [0.5, 0.6) is 0 Å². The highest BCUT2D eigenvalue weighted by atomic mass is 31.2. The van der Waals surface area contributed by atoms with Gasteiger partial charge in [0.25, 0.3) is 17.7 Å². The van der Waals surface area contributed by atoms with Crippen LogP contribution in [0, 0.1) is 0 Å². The van der Waals surface area contributed by atoms with Gasteiger partial charge in [0.2, 0.25) is 0 Å². The number of carbonyl (C=O) groups excluding carboxylic acids is 3. The standard InChI is InChI=1S/C16H24NO7P.C14H20NO7P.C13H18NO7P/c1-16(21,25(22,23)24)9-3-2-4-10-17-15(20)13-7-5-12(6-8-13)11-14(18)19;1-14(19,23(20,21)22)7-2-8-15-13(18)11-5-3-10(4-6-11)9-12(16)17;1-13(18,22(19,20)21)6-7-14-12(17)10-4-2-9(3-5-10)8-11(15)16/h5-8,21H,2-4,9-11H2,1H3,(H,17,20)(H,18,19)(H2,22,23,24);3-6,19H,2,7-9H2,1H3,(H,15,18)(H,16,17)(H2,20,21,22);2-5,18H,6-8H2,1H3,(H,14,17)(H,15,16)(H2,19,20,21). The zero-order valence-corrected chi connectivity index (χ0v) is 41.2. The molecule has 3 unspecified atom stereocenters. The van der Waals surface area contributed by atoms with Crippen molar-refractivity contribution in [1.29, 1.82) is 0 Å². The molecule has 0 aliphatic rings. The number of carboxylic acids is 3. The average molecular weight is 1050 g/mol. The van der Waals surface area contributed by atoms with Gasteiger partial charge in [-0.2, -0.15) is 0 Å². The number of rotatable bonds is 25. The normalized spacial score (nSPS) is 14.1. The van der Waals surface area contributed by atoms with Gasteiger partial charge in [-0.3, -0.25) is 42.5 Å². The number of amides is 3. The Hall–Kier alpha value is -5.19. The van der Waals surface area contributed by atoms with E-state index < -0.39 is 62.6 Å². The molecule has 0 aliphatic carbocycles. The molecule has 0 aliphatic heterocycles. The SMILES string of the molecule is CC(O)(CCCCCNC(=O)c1ccc(CC(=O)O)cc1)P(=O)(O)O.CC(O)(CCCNC(=O)c1ccc(CC(=O)O)cc1)P(=O)(O)O.CC(O)(CCNC(=O)c1ccc(CC(=O)O)cc1)P(=O)(O)O. The number of hydrogen-bond donors (Lipinski definition) is 15. The maximum absolute atomic E-state index is 11.9. The van der Waals surface area contributed by atoms with Crippen LogP contribution in [-0.4, -0.2) is 131 Å². The molecular formula is C43H62N3O21P3. The van der Waals surface area contributed by atoms with E-state index in [0.29, 0.717) is 53.6 Å². The fourth-order valence-electron chi connectivity index (χ4n) is 5.59. The van der Waals surface area contributed by atoms with Crippen LogP contribution in [0.1, 0.15) is 113 Å². The van der Waals surface area contributed by atoms with E-state index in [0.717, 1.165) is 20.8 Å². The topological polar surface area (TPSA) is 432 Å². The van der Waals surface area contributed by atoms with Crippen molar-refractivity contribution in [3.63, 3.8) is 0 Å². The molecule has 0 saturated heterocycles. The number of aliphatic hydroxyl groups is 3. The Morgan fingerprint density at radius 1 is 0.400 bits per heavy atom. The highest BCUT2D eigenvalue weighted by Gasteiger charge is 2.41. The molecule has 70 heavy (non-hydrogen) atoms. The molecule has 24 nitrogen and oxygen atoms in total. The molecular weight excluding hydrogens is 987 g/mol. The summed E-state index contributed by atoms with van der Waals surface area (Å²) in [4.78, 5) is 121. The lowest BCUT2D eigenvalue weighted by Gasteiger charge is -2.24. The molecule has 0 heterocycles. The summed E-state index contributed by atoms with van der Waals surface area (Å²) in [6.45, 7) is 3.59. The van der Waals surface area contributed by atoms with Crippen molar-refractivity contribution >= 4 is 58.4 Å². The number of hydrogen-bond acceptors (Lipinski definition) is 12. The van der Waals surface area contributed by atoms with Gasteiger partial charge in [0.15, 0.2) is 16.0 Å². The highest BCUT2D eigenvalue weighted by molar-refractivity contribution is 7.53. The van der Waals surface area contributed by atoms with Crippen molar-refractivity contribution in [3.05, 3.63) is 106 Å². The number of benzene rings is 3. The lowest BCUT2D eigenvalue weighted by molar-refractivity contribution is -0.137. The van der Waals surface area contributed by atoms with Gasteiger partial charge < -0.3 is 75.9 Å². The van der Waals surface area contributed by atoms with E-state index in [1.807, 2.05) is 0 Å². The first-order valence-electron chi connectivity index (χ1n) is 21.2. The summed E-state index contributed by atoms with van der Waals surface area (Å²) >= 11 is 0. The van der Waals surface area contributed by atoms with Crippen LogP contribution in [-0.2, 0) is 47.3 Å². The largest absolute Gasteiger partial charge is 0.481 e. The van der Waals surface area contributed by atoms with Crippen LogP contribution in [0.15, 0.2) is 72.8 Å². The molecule has 0 spiro atoms. The first-order chi connectivity index (χ1) is 32.1. The van der Waals surface area contributed by atoms with Crippen molar-refractivity contribution < 1.29 is 102 Å².